The SMILES string of the molecule is CC(C)CCNC1C(O)C(O)CC2CC[C@@H]3[C@@H](CC[C@@]4(C)[C@H]3CCC4(C)C(=O)O)[C@]21C.Cl. The van der Waals surface area contributed by atoms with Crippen molar-refractivity contribution in [3.8, 4) is 0 Å². The van der Waals surface area contributed by atoms with E-state index in [9.17, 15) is 20.1 Å². The first kappa shape index (κ1) is 26.2. The third-order valence-electron chi connectivity index (χ3n) is 11.1. The highest BCUT2D eigenvalue weighted by Crippen LogP contribution is 2.70. The number of nitrogens with one attached hydrogen (secondary N) is 1. The smallest absolute Gasteiger partial charge is 0.309 e. The number of hydrogen-bond donors (Lipinski definition) is 4. The van der Waals surface area contributed by atoms with Gasteiger partial charge in [0, 0.05) is 6.04 Å². The highest BCUT2D eigenvalue weighted by molar-refractivity contribution is 5.85. The largest absolute Gasteiger partial charge is 0.481 e. The van der Waals surface area contributed by atoms with Crippen LogP contribution in [0.25, 0.3) is 0 Å². The average Bonchev–Trinajstić information content (AvgIpc) is 2.98. The second-order valence-electron chi connectivity index (χ2n) is 12.6. The van der Waals surface area contributed by atoms with Crippen LogP contribution in [0, 0.1) is 45.8 Å². The van der Waals surface area contributed by atoms with E-state index in [1.807, 2.05) is 6.92 Å². The van der Waals surface area contributed by atoms with Gasteiger partial charge in [-0.25, -0.2) is 0 Å². The zero-order valence-corrected chi connectivity index (χ0v) is 21.5. The van der Waals surface area contributed by atoms with E-state index in [4.69, 9.17) is 0 Å². The summed E-state index contributed by atoms with van der Waals surface area (Å²) in [6.07, 6.45) is 6.39. The summed E-state index contributed by atoms with van der Waals surface area (Å²) < 4.78 is 0. The van der Waals surface area contributed by atoms with Crippen LogP contribution in [0.3, 0.4) is 0 Å². The van der Waals surface area contributed by atoms with Gasteiger partial charge in [-0.2, -0.15) is 0 Å². The predicted octanol–water partition coefficient (Wildman–Crippen LogP) is 4.49. The molecule has 0 saturated heterocycles. The monoisotopic (exact) mass is 471 g/mol. The molecule has 186 valence electrons. The van der Waals surface area contributed by atoms with E-state index in [1.165, 1.54) is 0 Å². The van der Waals surface area contributed by atoms with Crippen LogP contribution >= 0.6 is 12.4 Å². The molecule has 0 aromatic carbocycles. The van der Waals surface area contributed by atoms with Gasteiger partial charge in [0.25, 0.3) is 0 Å². The molecule has 0 amide bonds. The first-order chi connectivity index (χ1) is 14.5. The fraction of sp³-hybridized carbons (Fsp3) is 0.962. The molecule has 0 radical (unpaired) electrons. The highest BCUT2D eigenvalue weighted by Gasteiger charge is 2.67. The molecule has 0 aliphatic heterocycles. The van der Waals surface area contributed by atoms with Crippen LogP contribution in [0.15, 0.2) is 0 Å². The van der Waals surface area contributed by atoms with E-state index in [-0.39, 0.29) is 29.3 Å². The van der Waals surface area contributed by atoms with Crippen LogP contribution in [-0.2, 0) is 4.79 Å². The van der Waals surface area contributed by atoms with Crippen molar-refractivity contribution in [3.63, 3.8) is 0 Å². The Morgan fingerprint density at radius 3 is 2.31 bits per heavy atom. The summed E-state index contributed by atoms with van der Waals surface area (Å²) in [7, 11) is 0. The van der Waals surface area contributed by atoms with Gasteiger partial charge < -0.3 is 20.6 Å². The van der Waals surface area contributed by atoms with E-state index in [2.05, 4.69) is 33.0 Å². The van der Waals surface area contributed by atoms with Crippen molar-refractivity contribution in [2.75, 3.05) is 6.54 Å². The summed E-state index contributed by atoms with van der Waals surface area (Å²) >= 11 is 0. The lowest BCUT2D eigenvalue weighted by Gasteiger charge is -2.64. The summed E-state index contributed by atoms with van der Waals surface area (Å²) in [6.45, 7) is 11.9. The van der Waals surface area contributed by atoms with E-state index in [0.717, 1.165) is 51.5 Å². The molecule has 6 heteroatoms. The molecule has 0 spiro atoms. The molecule has 4 aliphatic rings. The van der Waals surface area contributed by atoms with E-state index in [1.54, 1.807) is 0 Å². The number of aliphatic hydroxyl groups excluding tert-OH is 2. The number of aliphatic carboxylic acids is 1. The fourth-order valence-electron chi connectivity index (χ4n) is 8.83. The number of halogens is 1. The zero-order valence-electron chi connectivity index (χ0n) is 20.6. The number of carboxylic acids is 1. The topological polar surface area (TPSA) is 89.8 Å². The van der Waals surface area contributed by atoms with Crippen molar-refractivity contribution in [1.29, 1.82) is 0 Å². The molecular formula is C26H46ClNO4. The highest BCUT2D eigenvalue weighted by atomic mass is 35.5. The Morgan fingerprint density at radius 2 is 1.69 bits per heavy atom. The Morgan fingerprint density at radius 1 is 1.03 bits per heavy atom. The maximum absolute atomic E-state index is 12.3. The maximum Gasteiger partial charge on any atom is 0.309 e. The summed E-state index contributed by atoms with van der Waals surface area (Å²) in [6, 6.07) is -0.0931. The van der Waals surface area contributed by atoms with Gasteiger partial charge in [0.05, 0.1) is 17.6 Å². The summed E-state index contributed by atoms with van der Waals surface area (Å²) in [4.78, 5) is 12.3. The Balaban J connectivity index is 0.00000289. The minimum absolute atomic E-state index is 0. The number of fused-ring (bicyclic) bond motifs is 5. The minimum Gasteiger partial charge on any atom is -0.481 e. The average molecular weight is 472 g/mol. The van der Waals surface area contributed by atoms with Crippen molar-refractivity contribution >= 4 is 18.4 Å². The second-order valence-corrected chi connectivity index (χ2v) is 12.6. The Kier molecular flexibility index (Phi) is 7.40. The van der Waals surface area contributed by atoms with Crippen molar-refractivity contribution in [3.05, 3.63) is 0 Å². The molecular weight excluding hydrogens is 426 g/mol. The maximum atomic E-state index is 12.3. The molecule has 0 aromatic rings. The lowest BCUT2D eigenvalue weighted by molar-refractivity contribution is -0.187. The fourth-order valence-corrected chi connectivity index (χ4v) is 8.83. The standard InChI is InChI=1S/C26H45NO4.ClH/c1-15(2)10-13-27-22-21(29)20(28)14-16-6-7-17-18-8-12-25(4,23(30)31)24(18,3)11-9-19(17)26(16,22)5;/h15-22,27-29H,6-14H2,1-5H3,(H,30,31);1H/t16?,17-,18-,19+,20?,21?,22?,24-,25?,26-;/m0./s1. The van der Waals surface area contributed by atoms with Crippen molar-refractivity contribution in [1.82, 2.24) is 5.32 Å². The van der Waals surface area contributed by atoms with Crippen molar-refractivity contribution in [2.45, 2.75) is 104 Å². The molecule has 4 rings (SSSR count). The quantitative estimate of drug-likeness (QED) is 0.474. The second kappa shape index (κ2) is 9.02. The molecule has 0 heterocycles. The predicted molar refractivity (Wildman–Crippen MR) is 129 cm³/mol. The van der Waals surface area contributed by atoms with Crippen molar-refractivity contribution in [2.24, 2.45) is 45.8 Å². The Bertz CT molecular complexity index is 703. The van der Waals surface area contributed by atoms with Crippen LogP contribution in [0.2, 0.25) is 0 Å². The van der Waals surface area contributed by atoms with Gasteiger partial charge in [0.2, 0.25) is 0 Å². The first-order valence-electron chi connectivity index (χ1n) is 12.8. The zero-order chi connectivity index (χ0) is 22.8. The Hall–Kier alpha value is -0.360. The third-order valence-corrected chi connectivity index (χ3v) is 11.1. The molecule has 4 fully saturated rings. The molecule has 5 unspecified atom stereocenters. The van der Waals surface area contributed by atoms with Crippen LogP contribution in [-0.4, -0.2) is 46.1 Å². The summed E-state index contributed by atoms with van der Waals surface area (Å²) in [5.74, 6) is 1.85. The normalized spacial score (nSPS) is 50.2. The summed E-state index contributed by atoms with van der Waals surface area (Å²) in [5, 5.41) is 35.6. The first-order valence-corrected chi connectivity index (χ1v) is 12.8. The molecule has 0 bridgehead atoms. The molecule has 32 heavy (non-hydrogen) atoms. The van der Waals surface area contributed by atoms with Gasteiger partial charge in [-0.3, -0.25) is 4.79 Å². The molecule has 4 aliphatic carbocycles. The van der Waals surface area contributed by atoms with Crippen LogP contribution in [0.1, 0.15) is 86.0 Å². The lowest BCUT2D eigenvalue weighted by Crippen LogP contribution is -2.68. The number of carbonyl (C=O) groups is 1. The summed E-state index contributed by atoms with van der Waals surface area (Å²) in [5.41, 5.74) is -0.823. The number of hydrogen-bond acceptors (Lipinski definition) is 4. The van der Waals surface area contributed by atoms with E-state index >= 15 is 0 Å². The third kappa shape index (κ3) is 3.65. The number of aliphatic hydroxyl groups is 2. The molecule has 4 saturated carbocycles. The van der Waals surface area contributed by atoms with Crippen molar-refractivity contribution < 1.29 is 20.1 Å². The van der Waals surface area contributed by atoms with Gasteiger partial charge in [-0.05, 0) is 105 Å². The van der Waals surface area contributed by atoms with E-state index < -0.39 is 23.6 Å². The van der Waals surface area contributed by atoms with Crippen LogP contribution in [0.5, 0.6) is 0 Å². The lowest BCUT2D eigenvalue weighted by atomic mass is 9.42. The Labute approximate surface area is 200 Å². The molecule has 5 nitrogen and oxygen atoms in total. The van der Waals surface area contributed by atoms with Crippen LogP contribution in [0.4, 0.5) is 0 Å². The van der Waals surface area contributed by atoms with Gasteiger partial charge >= 0.3 is 5.97 Å². The molecule has 10 atom stereocenters. The van der Waals surface area contributed by atoms with E-state index in [0.29, 0.717) is 36.0 Å². The number of carboxylic acid groups (broad SMARTS) is 1. The molecule has 0 aromatic heterocycles. The van der Waals surface area contributed by atoms with Crippen LogP contribution < -0.4 is 5.32 Å². The van der Waals surface area contributed by atoms with Gasteiger partial charge in [-0.1, -0.05) is 27.7 Å². The van der Waals surface area contributed by atoms with Gasteiger partial charge in [0.1, 0.15) is 0 Å². The number of rotatable bonds is 5. The van der Waals surface area contributed by atoms with Gasteiger partial charge in [-0.15, -0.1) is 12.4 Å². The minimum atomic E-state index is -0.728. The van der Waals surface area contributed by atoms with Gasteiger partial charge in [0.15, 0.2) is 0 Å². The molecule has 4 N–H and O–H groups in total.